The fourth-order valence-corrected chi connectivity index (χ4v) is 4.06. The minimum absolute atomic E-state index is 0. The van der Waals surface area contributed by atoms with Crippen LogP contribution in [-0.4, -0.2) is 44.9 Å². The second-order valence-corrected chi connectivity index (χ2v) is 7.37. The van der Waals surface area contributed by atoms with Crippen molar-refractivity contribution in [1.29, 1.82) is 0 Å². The van der Waals surface area contributed by atoms with Gasteiger partial charge in [-0.15, -0.1) is 12.4 Å². The highest BCUT2D eigenvalue weighted by Gasteiger charge is 2.19. The molecule has 1 N–H and O–H groups in total. The van der Waals surface area contributed by atoms with Crippen LogP contribution in [0.1, 0.15) is 13.8 Å². The molecule has 0 spiro atoms. The molecule has 3 rings (SSSR count). The Labute approximate surface area is 181 Å². The van der Waals surface area contributed by atoms with Crippen LogP contribution in [0.5, 0.6) is 5.88 Å². The van der Waals surface area contributed by atoms with Crippen LogP contribution in [0.3, 0.4) is 0 Å². The molecule has 5 nitrogen and oxygen atoms in total. The van der Waals surface area contributed by atoms with Gasteiger partial charge >= 0.3 is 0 Å². The molecule has 29 heavy (non-hydrogen) atoms. The van der Waals surface area contributed by atoms with Crippen LogP contribution in [0.15, 0.2) is 70.6 Å². The highest BCUT2D eigenvalue weighted by Crippen LogP contribution is 2.28. The Balaban J connectivity index is 0.00000300. The van der Waals surface area contributed by atoms with E-state index >= 15 is 0 Å². The molecule has 0 unspecified atom stereocenters. The number of hydrogen-bond donors (Lipinski definition) is 1. The Kier molecular flexibility index (Phi) is 8.76. The molecule has 0 aliphatic rings. The van der Waals surface area contributed by atoms with Crippen molar-refractivity contribution in [3.05, 3.63) is 71.0 Å². The molecule has 3 aromatic rings. The molecule has 0 amide bonds. The fraction of sp³-hybridized carbons (Fsp3) is 0.273. The molecular formula is C22H26ClN3O2S. The normalized spacial score (nSPS) is 10.7. The Morgan fingerprint density at radius 2 is 1.59 bits per heavy atom. The third kappa shape index (κ3) is 5.41. The summed E-state index contributed by atoms with van der Waals surface area (Å²) in [5, 5.41) is 11.1. The van der Waals surface area contributed by atoms with Crippen molar-refractivity contribution in [3.8, 4) is 22.7 Å². The van der Waals surface area contributed by atoms with Crippen molar-refractivity contribution >= 4 is 24.2 Å². The van der Waals surface area contributed by atoms with Gasteiger partial charge in [-0.05, 0) is 30.8 Å². The maximum Gasteiger partial charge on any atom is 0.270 e. The monoisotopic (exact) mass is 431 g/mol. The molecule has 0 atom stereocenters. The smallest absolute Gasteiger partial charge is 0.270 e. The highest BCUT2D eigenvalue weighted by atomic mass is 35.5. The van der Waals surface area contributed by atoms with Crippen molar-refractivity contribution in [1.82, 2.24) is 14.5 Å². The van der Waals surface area contributed by atoms with E-state index in [2.05, 4.69) is 23.7 Å². The minimum Gasteiger partial charge on any atom is -0.493 e. The van der Waals surface area contributed by atoms with E-state index in [1.807, 2.05) is 48.5 Å². The standard InChI is InChI=1S/C22H25N3O2S.ClH/c1-3-24(4-2)15-16-28-22-23-20(26)19(17-11-7-5-8-12-17)21(27)25(22)18-13-9-6-10-14-18;/h5-14,26H,3-4,15-16H2,1-2H3;1H. The van der Waals surface area contributed by atoms with E-state index in [9.17, 15) is 9.90 Å². The molecule has 0 saturated heterocycles. The van der Waals surface area contributed by atoms with Gasteiger partial charge in [0.25, 0.3) is 5.56 Å². The van der Waals surface area contributed by atoms with E-state index < -0.39 is 0 Å². The van der Waals surface area contributed by atoms with Gasteiger partial charge in [-0.2, -0.15) is 4.98 Å². The van der Waals surface area contributed by atoms with Crippen molar-refractivity contribution < 1.29 is 5.11 Å². The molecule has 154 valence electrons. The first kappa shape index (κ1) is 23.0. The lowest BCUT2D eigenvalue weighted by Gasteiger charge is -2.18. The van der Waals surface area contributed by atoms with Crippen LogP contribution >= 0.6 is 24.2 Å². The maximum absolute atomic E-state index is 13.4. The number of thioether (sulfide) groups is 1. The van der Waals surface area contributed by atoms with Gasteiger partial charge < -0.3 is 10.0 Å². The number of para-hydroxylation sites is 1. The number of aromatic hydroxyl groups is 1. The predicted molar refractivity (Wildman–Crippen MR) is 123 cm³/mol. The summed E-state index contributed by atoms with van der Waals surface area (Å²) >= 11 is 1.48. The first-order valence-corrected chi connectivity index (χ1v) is 10.5. The van der Waals surface area contributed by atoms with Crippen molar-refractivity contribution in [2.75, 3.05) is 25.4 Å². The van der Waals surface area contributed by atoms with Gasteiger partial charge in [-0.1, -0.05) is 74.1 Å². The SMILES string of the molecule is CCN(CC)CCSc1nc(O)c(-c2ccccc2)c(=O)n1-c1ccccc1.Cl. The van der Waals surface area contributed by atoms with Gasteiger partial charge in [0, 0.05) is 12.3 Å². The van der Waals surface area contributed by atoms with Crippen molar-refractivity contribution in [2.24, 2.45) is 0 Å². The van der Waals surface area contributed by atoms with Gasteiger partial charge in [0.15, 0.2) is 5.16 Å². The van der Waals surface area contributed by atoms with Crippen LogP contribution < -0.4 is 5.56 Å². The van der Waals surface area contributed by atoms with Crippen LogP contribution in [0.2, 0.25) is 0 Å². The van der Waals surface area contributed by atoms with Gasteiger partial charge in [0.1, 0.15) is 5.56 Å². The van der Waals surface area contributed by atoms with E-state index in [4.69, 9.17) is 0 Å². The third-order valence-corrected chi connectivity index (χ3v) is 5.56. The number of nitrogens with zero attached hydrogens (tertiary/aromatic N) is 3. The molecule has 1 aromatic heterocycles. The van der Waals surface area contributed by atoms with Gasteiger partial charge in [0.2, 0.25) is 5.88 Å². The summed E-state index contributed by atoms with van der Waals surface area (Å²) in [6, 6.07) is 18.6. The zero-order valence-corrected chi connectivity index (χ0v) is 18.2. The third-order valence-electron chi connectivity index (χ3n) is 4.64. The van der Waals surface area contributed by atoms with Gasteiger partial charge in [0.05, 0.1) is 5.69 Å². The fourth-order valence-electron chi connectivity index (χ4n) is 3.06. The van der Waals surface area contributed by atoms with Crippen LogP contribution in [0, 0.1) is 0 Å². The number of benzene rings is 2. The largest absolute Gasteiger partial charge is 0.493 e. The summed E-state index contributed by atoms with van der Waals surface area (Å²) in [5.41, 5.74) is 1.34. The van der Waals surface area contributed by atoms with Crippen LogP contribution in [0.25, 0.3) is 16.8 Å². The molecule has 1 heterocycles. The lowest BCUT2D eigenvalue weighted by Crippen LogP contribution is -2.26. The van der Waals surface area contributed by atoms with Gasteiger partial charge in [-0.25, -0.2) is 0 Å². The second kappa shape index (κ2) is 11.0. The van der Waals surface area contributed by atoms with E-state index in [0.29, 0.717) is 10.7 Å². The van der Waals surface area contributed by atoms with Crippen molar-refractivity contribution in [3.63, 3.8) is 0 Å². The maximum atomic E-state index is 13.4. The molecule has 0 radical (unpaired) electrons. The predicted octanol–water partition coefficient (Wildman–Crippen LogP) is 4.46. The Hall–Kier alpha value is -2.28. The molecule has 0 aliphatic carbocycles. The lowest BCUT2D eigenvalue weighted by atomic mass is 10.1. The summed E-state index contributed by atoms with van der Waals surface area (Å²) in [6.07, 6.45) is 0. The van der Waals surface area contributed by atoms with Crippen LogP contribution in [0.4, 0.5) is 0 Å². The average molecular weight is 432 g/mol. The van der Waals surface area contributed by atoms with E-state index in [0.717, 1.165) is 31.1 Å². The molecule has 0 bridgehead atoms. The van der Waals surface area contributed by atoms with E-state index in [1.54, 1.807) is 16.7 Å². The topological polar surface area (TPSA) is 58.4 Å². The van der Waals surface area contributed by atoms with E-state index in [-0.39, 0.29) is 29.4 Å². The molecule has 0 fully saturated rings. The summed E-state index contributed by atoms with van der Waals surface area (Å²) in [5.74, 6) is 0.555. The quantitative estimate of drug-likeness (QED) is 0.421. The molecule has 7 heteroatoms. The Morgan fingerprint density at radius 1 is 1.00 bits per heavy atom. The molecule has 0 saturated carbocycles. The summed E-state index contributed by atoms with van der Waals surface area (Å²) in [6.45, 7) is 7.12. The molecular weight excluding hydrogens is 406 g/mol. The average Bonchev–Trinajstić information content (AvgIpc) is 2.72. The highest BCUT2D eigenvalue weighted by molar-refractivity contribution is 7.99. The number of halogens is 1. The summed E-state index contributed by atoms with van der Waals surface area (Å²) in [7, 11) is 0. The zero-order valence-electron chi connectivity index (χ0n) is 16.6. The Morgan fingerprint density at radius 3 is 2.17 bits per heavy atom. The van der Waals surface area contributed by atoms with E-state index in [1.165, 1.54) is 11.8 Å². The molecule has 0 aliphatic heterocycles. The minimum atomic E-state index is -0.268. The summed E-state index contributed by atoms with van der Waals surface area (Å²) in [4.78, 5) is 20.1. The van der Waals surface area contributed by atoms with Crippen LogP contribution in [-0.2, 0) is 0 Å². The van der Waals surface area contributed by atoms with Gasteiger partial charge in [-0.3, -0.25) is 9.36 Å². The summed E-state index contributed by atoms with van der Waals surface area (Å²) < 4.78 is 1.59. The lowest BCUT2D eigenvalue weighted by molar-refractivity contribution is 0.323. The first-order chi connectivity index (χ1) is 13.7. The number of rotatable bonds is 8. The number of aromatic nitrogens is 2. The zero-order chi connectivity index (χ0) is 19.9. The van der Waals surface area contributed by atoms with Crippen molar-refractivity contribution in [2.45, 2.75) is 19.0 Å². The second-order valence-electron chi connectivity index (χ2n) is 6.31. The Bertz CT molecular complexity index is 961. The number of hydrogen-bond acceptors (Lipinski definition) is 5. The first-order valence-electron chi connectivity index (χ1n) is 9.47. The molecule has 2 aromatic carbocycles.